The molecule has 0 atom stereocenters. The number of carboxylic acids is 1. The third kappa shape index (κ3) is 3.96. The molecule has 0 aliphatic heterocycles. The summed E-state index contributed by atoms with van der Waals surface area (Å²) in [6.07, 6.45) is 0.912. The Morgan fingerprint density at radius 2 is 1.83 bits per heavy atom. The number of benzene rings is 1. The van der Waals surface area contributed by atoms with E-state index in [9.17, 15) is 35.0 Å². The maximum absolute atomic E-state index is 12.2. The normalized spacial score (nSPS) is 11.1. The average Bonchev–Trinajstić information content (AvgIpc) is 2.48. The fraction of sp³-hybridized carbons (Fsp3) is 0.286. The summed E-state index contributed by atoms with van der Waals surface area (Å²) in [7, 11) is 0. The van der Waals surface area contributed by atoms with Gasteiger partial charge in [-0.15, -0.1) is 0 Å². The molecule has 0 heterocycles. The van der Waals surface area contributed by atoms with Gasteiger partial charge in [0, 0.05) is 19.2 Å². The van der Waals surface area contributed by atoms with Crippen molar-refractivity contribution >= 4 is 23.6 Å². The number of hydrogen-bond acceptors (Lipinski definition) is 6. The molecule has 1 aromatic rings. The molecule has 0 aromatic heterocycles. The predicted molar refractivity (Wildman–Crippen MR) is 80.0 cm³/mol. The van der Waals surface area contributed by atoms with Crippen LogP contribution in [0.3, 0.4) is 0 Å². The molecular weight excluding hydrogens is 308 g/mol. The number of amides is 1. The lowest BCUT2D eigenvalue weighted by Gasteiger charge is -2.18. The molecule has 1 aromatic carbocycles. The van der Waals surface area contributed by atoms with E-state index in [1.807, 2.05) is 0 Å². The Bertz CT molecular complexity index is 678. The Hall–Kier alpha value is -3.10. The van der Waals surface area contributed by atoms with Gasteiger partial charge in [0.05, 0.1) is 4.92 Å². The van der Waals surface area contributed by atoms with Gasteiger partial charge in [0.1, 0.15) is 5.57 Å². The van der Waals surface area contributed by atoms with E-state index >= 15 is 0 Å². The van der Waals surface area contributed by atoms with Gasteiger partial charge in [-0.3, -0.25) is 14.9 Å². The van der Waals surface area contributed by atoms with E-state index in [0.29, 0.717) is 13.1 Å². The maximum atomic E-state index is 12.2. The minimum absolute atomic E-state index is 0.0927. The van der Waals surface area contributed by atoms with Crippen LogP contribution >= 0.6 is 0 Å². The smallest absolute Gasteiger partial charge is 0.341 e. The van der Waals surface area contributed by atoms with Crippen molar-refractivity contribution in [2.75, 3.05) is 13.1 Å². The zero-order valence-corrected chi connectivity index (χ0v) is 12.5. The molecule has 9 nitrogen and oxygen atoms in total. The van der Waals surface area contributed by atoms with Gasteiger partial charge in [0.2, 0.25) is 5.75 Å². The van der Waals surface area contributed by atoms with Crippen LogP contribution in [0.4, 0.5) is 5.69 Å². The lowest BCUT2D eigenvalue weighted by Crippen LogP contribution is -2.33. The van der Waals surface area contributed by atoms with E-state index in [2.05, 4.69) is 0 Å². The number of hydrogen-bond donors (Lipinski definition) is 3. The molecule has 0 radical (unpaired) electrons. The molecule has 0 saturated heterocycles. The van der Waals surface area contributed by atoms with E-state index in [1.165, 1.54) is 4.90 Å². The van der Waals surface area contributed by atoms with Crippen molar-refractivity contribution < 1.29 is 29.8 Å². The Morgan fingerprint density at radius 1 is 1.26 bits per heavy atom. The van der Waals surface area contributed by atoms with Gasteiger partial charge in [0.25, 0.3) is 5.91 Å². The molecule has 0 bridgehead atoms. The van der Waals surface area contributed by atoms with Crippen molar-refractivity contribution in [3.63, 3.8) is 0 Å². The van der Waals surface area contributed by atoms with Crippen LogP contribution in [0.1, 0.15) is 19.4 Å². The molecule has 0 aliphatic rings. The van der Waals surface area contributed by atoms with Crippen LogP contribution in [-0.4, -0.2) is 50.1 Å². The SMILES string of the molecule is CCN(CC)C(=O)/C(=C/c1cc(O)c(O)c([N+](=O)[O-])c1)C(=O)O. The van der Waals surface area contributed by atoms with Gasteiger partial charge in [-0.2, -0.15) is 0 Å². The quantitative estimate of drug-likeness (QED) is 0.179. The fourth-order valence-electron chi connectivity index (χ4n) is 1.91. The highest BCUT2D eigenvalue weighted by atomic mass is 16.6. The zero-order valence-electron chi connectivity index (χ0n) is 12.5. The molecule has 0 aliphatic carbocycles. The maximum Gasteiger partial charge on any atom is 0.341 e. The summed E-state index contributed by atoms with van der Waals surface area (Å²) in [6.45, 7) is 3.94. The summed E-state index contributed by atoms with van der Waals surface area (Å²) < 4.78 is 0. The standard InChI is InChI=1S/C14H16N2O7/c1-3-15(4-2)13(19)9(14(20)21)5-8-6-10(16(22)23)12(18)11(17)7-8/h5-7,17-18H,3-4H2,1-2H3,(H,20,21)/b9-5-. The second-order valence-electron chi connectivity index (χ2n) is 4.51. The highest BCUT2D eigenvalue weighted by molar-refractivity contribution is 6.19. The lowest BCUT2D eigenvalue weighted by atomic mass is 10.1. The topological polar surface area (TPSA) is 141 Å². The molecule has 9 heteroatoms. The van der Waals surface area contributed by atoms with Crippen LogP contribution in [-0.2, 0) is 9.59 Å². The molecule has 1 rings (SSSR count). The van der Waals surface area contributed by atoms with Crippen molar-refractivity contribution in [2.45, 2.75) is 13.8 Å². The Labute approximate surface area is 131 Å². The first-order valence-corrected chi connectivity index (χ1v) is 6.67. The number of rotatable bonds is 6. The summed E-state index contributed by atoms with van der Waals surface area (Å²) in [5, 5.41) is 38.9. The fourth-order valence-corrected chi connectivity index (χ4v) is 1.91. The molecule has 1 amide bonds. The molecule has 0 fully saturated rings. The number of aliphatic carboxylic acids is 1. The van der Waals surface area contributed by atoms with Gasteiger partial charge < -0.3 is 20.2 Å². The van der Waals surface area contributed by atoms with E-state index in [1.54, 1.807) is 13.8 Å². The van der Waals surface area contributed by atoms with Gasteiger partial charge in [0.15, 0.2) is 5.75 Å². The molecule has 23 heavy (non-hydrogen) atoms. The third-order valence-corrected chi connectivity index (χ3v) is 3.11. The Balaban J connectivity index is 3.42. The zero-order chi connectivity index (χ0) is 17.7. The van der Waals surface area contributed by atoms with Crippen molar-refractivity contribution in [1.82, 2.24) is 4.90 Å². The van der Waals surface area contributed by atoms with Crippen LogP contribution in [0.25, 0.3) is 6.08 Å². The predicted octanol–water partition coefficient (Wildman–Crippen LogP) is 1.34. The average molecular weight is 324 g/mol. The van der Waals surface area contributed by atoms with Crippen LogP contribution in [0.5, 0.6) is 11.5 Å². The van der Waals surface area contributed by atoms with Gasteiger partial charge in [-0.25, -0.2) is 4.79 Å². The molecule has 0 saturated carbocycles. The number of nitro benzene ring substituents is 1. The van der Waals surface area contributed by atoms with E-state index in [4.69, 9.17) is 0 Å². The summed E-state index contributed by atoms with van der Waals surface area (Å²) >= 11 is 0. The monoisotopic (exact) mass is 324 g/mol. The third-order valence-electron chi connectivity index (χ3n) is 3.11. The minimum Gasteiger partial charge on any atom is -0.504 e. The minimum atomic E-state index is -1.50. The number of likely N-dealkylation sites (N-methyl/N-ethyl adjacent to an activating group) is 1. The molecule has 0 spiro atoms. The van der Waals surface area contributed by atoms with Crippen LogP contribution in [0.15, 0.2) is 17.7 Å². The number of phenols is 2. The van der Waals surface area contributed by atoms with Crippen molar-refractivity contribution in [1.29, 1.82) is 0 Å². The Morgan fingerprint density at radius 3 is 2.26 bits per heavy atom. The number of nitrogens with zero attached hydrogens (tertiary/aromatic N) is 2. The molecule has 124 valence electrons. The van der Waals surface area contributed by atoms with Crippen LogP contribution < -0.4 is 0 Å². The van der Waals surface area contributed by atoms with Gasteiger partial charge >= 0.3 is 11.7 Å². The summed E-state index contributed by atoms with van der Waals surface area (Å²) in [4.78, 5) is 34.6. The van der Waals surface area contributed by atoms with E-state index < -0.39 is 39.6 Å². The molecular formula is C14H16N2O7. The first-order chi connectivity index (χ1) is 10.7. The number of phenolic OH excluding ortho intramolecular Hbond substituents is 2. The lowest BCUT2D eigenvalue weighted by molar-refractivity contribution is -0.386. The first kappa shape index (κ1) is 18.0. The van der Waals surface area contributed by atoms with Gasteiger partial charge in [-0.1, -0.05) is 0 Å². The largest absolute Gasteiger partial charge is 0.504 e. The van der Waals surface area contributed by atoms with Gasteiger partial charge in [-0.05, 0) is 31.6 Å². The van der Waals surface area contributed by atoms with E-state index in [0.717, 1.165) is 18.2 Å². The summed E-state index contributed by atoms with van der Waals surface area (Å²) in [6, 6.07) is 1.80. The molecule has 0 unspecified atom stereocenters. The molecule has 3 N–H and O–H groups in total. The van der Waals surface area contributed by atoms with E-state index in [-0.39, 0.29) is 5.56 Å². The second kappa shape index (κ2) is 7.25. The van der Waals surface area contributed by atoms with Crippen molar-refractivity contribution in [3.05, 3.63) is 33.4 Å². The highest BCUT2D eigenvalue weighted by Gasteiger charge is 2.24. The highest BCUT2D eigenvalue weighted by Crippen LogP contribution is 2.36. The second-order valence-corrected chi connectivity index (χ2v) is 4.51. The van der Waals surface area contributed by atoms with Crippen molar-refractivity contribution in [3.8, 4) is 11.5 Å². The number of carbonyl (C=O) groups excluding carboxylic acids is 1. The number of nitro groups is 1. The Kier molecular flexibility index (Phi) is 5.66. The first-order valence-electron chi connectivity index (χ1n) is 6.67. The van der Waals surface area contributed by atoms with Crippen molar-refractivity contribution in [2.24, 2.45) is 0 Å². The number of carbonyl (C=O) groups is 2. The van der Waals surface area contributed by atoms with Crippen LogP contribution in [0.2, 0.25) is 0 Å². The number of carboxylic acid groups (broad SMARTS) is 1. The number of aromatic hydroxyl groups is 2. The van der Waals surface area contributed by atoms with Crippen LogP contribution in [0, 0.1) is 10.1 Å². The summed E-state index contributed by atoms with van der Waals surface area (Å²) in [5.41, 5.74) is -1.49. The summed E-state index contributed by atoms with van der Waals surface area (Å²) in [5.74, 6) is -3.97.